The molecule has 106 valence electrons. The van der Waals surface area contributed by atoms with Crippen molar-refractivity contribution in [2.24, 2.45) is 0 Å². The van der Waals surface area contributed by atoms with Crippen LogP contribution in [0.2, 0.25) is 0 Å². The van der Waals surface area contributed by atoms with E-state index in [1.54, 1.807) is 18.2 Å². The van der Waals surface area contributed by atoms with Crippen molar-refractivity contribution < 1.29 is 10.2 Å². The number of hydrogen-bond donors (Lipinski definition) is 3. The molecule has 0 heterocycles. The SMILES string of the molecule is CCC(Nc1ccc(O)cc1C)c1cc(Br)ccc1O. The maximum atomic E-state index is 10.0. The van der Waals surface area contributed by atoms with E-state index >= 15 is 0 Å². The Bertz CT molecular complexity index is 613. The van der Waals surface area contributed by atoms with E-state index in [9.17, 15) is 10.2 Å². The second-order valence-corrected chi connectivity index (χ2v) is 5.72. The molecule has 0 aliphatic rings. The van der Waals surface area contributed by atoms with Gasteiger partial charge in [0, 0.05) is 15.7 Å². The van der Waals surface area contributed by atoms with Crippen molar-refractivity contribution in [3.05, 3.63) is 52.0 Å². The summed E-state index contributed by atoms with van der Waals surface area (Å²) in [6, 6.07) is 10.7. The van der Waals surface area contributed by atoms with E-state index in [0.29, 0.717) is 0 Å². The number of rotatable bonds is 4. The number of hydrogen-bond acceptors (Lipinski definition) is 3. The first kappa shape index (κ1) is 14.7. The summed E-state index contributed by atoms with van der Waals surface area (Å²) < 4.78 is 0.938. The highest BCUT2D eigenvalue weighted by atomic mass is 79.9. The summed E-state index contributed by atoms with van der Waals surface area (Å²) in [7, 11) is 0. The summed E-state index contributed by atoms with van der Waals surface area (Å²) in [6.07, 6.45) is 0.838. The summed E-state index contributed by atoms with van der Waals surface area (Å²) in [6.45, 7) is 4.00. The van der Waals surface area contributed by atoms with Gasteiger partial charge in [-0.2, -0.15) is 0 Å². The van der Waals surface area contributed by atoms with Gasteiger partial charge in [-0.15, -0.1) is 0 Å². The van der Waals surface area contributed by atoms with Crippen LogP contribution in [0.1, 0.15) is 30.5 Å². The minimum absolute atomic E-state index is 0.00995. The quantitative estimate of drug-likeness (QED) is 0.708. The standard InChI is InChI=1S/C16H18BrNO2/c1-3-14(13-9-11(17)4-7-16(13)20)18-15-6-5-12(19)8-10(15)2/h4-9,14,18-20H,3H2,1-2H3. The highest BCUT2D eigenvalue weighted by Crippen LogP contribution is 2.33. The van der Waals surface area contributed by atoms with Crippen molar-refractivity contribution in [1.82, 2.24) is 0 Å². The molecule has 0 amide bonds. The number of aromatic hydroxyl groups is 2. The Hall–Kier alpha value is -1.68. The number of nitrogens with one attached hydrogen (secondary N) is 1. The van der Waals surface area contributed by atoms with Crippen molar-refractivity contribution in [3.8, 4) is 11.5 Å². The van der Waals surface area contributed by atoms with Crippen LogP contribution in [0.3, 0.4) is 0 Å². The number of phenols is 2. The largest absolute Gasteiger partial charge is 0.508 e. The molecule has 2 rings (SSSR count). The Morgan fingerprint density at radius 1 is 1.15 bits per heavy atom. The van der Waals surface area contributed by atoms with Crippen molar-refractivity contribution in [2.45, 2.75) is 26.3 Å². The van der Waals surface area contributed by atoms with Crippen molar-refractivity contribution >= 4 is 21.6 Å². The van der Waals surface area contributed by atoms with Crippen LogP contribution >= 0.6 is 15.9 Å². The first-order chi connectivity index (χ1) is 9.51. The second-order valence-electron chi connectivity index (χ2n) is 4.81. The Labute approximate surface area is 127 Å². The highest BCUT2D eigenvalue weighted by Gasteiger charge is 2.15. The third-order valence-electron chi connectivity index (χ3n) is 3.31. The van der Waals surface area contributed by atoms with Gasteiger partial charge in [-0.1, -0.05) is 22.9 Å². The lowest BCUT2D eigenvalue weighted by molar-refractivity contribution is 0.462. The van der Waals surface area contributed by atoms with Gasteiger partial charge < -0.3 is 15.5 Å². The molecule has 0 spiro atoms. The molecule has 0 saturated heterocycles. The Morgan fingerprint density at radius 3 is 2.55 bits per heavy atom. The Morgan fingerprint density at radius 2 is 1.90 bits per heavy atom. The number of halogens is 1. The third kappa shape index (κ3) is 3.25. The zero-order chi connectivity index (χ0) is 14.7. The predicted molar refractivity (Wildman–Crippen MR) is 85.3 cm³/mol. The fraction of sp³-hybridized carbons (Fsp3) is 0.250. The number of anilines is 1. The molecule has 0 bridgehead atoms. The Kier molecular flexibility index (Phi) is 4.55. The van der Waals surface area contributed by atoms with Crippen LogP contribution in [0.5, 0.6) is 11.5 Å². The molecule has 0 aliphatic carbocycles. The van der Waals surface area contributed by atoms with Gasteiger partial charge in [0.05, 0.1) is 6.04 Å². The first-order valence-electron chi connectivity index (χ1n) is 6.55. The van der Waals surface area contributed by atoms with Gasteiger partial charge in [-0.25, -0.2) is 0 Å². The molecule has 1 unspecified atom stereocenters. The lowest BCUT2D eigenvalue weighted by atomic mass is 10.0. The third-order valence-corrected chi connectivity index (χ3v) is 3.81. The highest BCUT2D eigenvalue weighted by molar-refractivity contribution is 9.10. The van der Waals surface area contributed by atoms with Crippen LogP contribution in [0, 0.1) is 6.92 Å². The van der Waals surface area contributed by atoms with Crippen LogP contribution in [0.15, 0.2) is 40.9 Å². The normalized spacial score (nSPS) is 12.2. The van der Waals surface area contributed by atoms with Gasteiger partial charge in [0.2, 0.25) is 0 Å². The van der Waals surface area contributed by atoms with Crippen LogP contribution in [0.4, 0.5) is 5.69 Å². The molecule has 1 atom stereocenters. The monoisotopic (exact) mass is 335 g/mol. The zero-order valence-corrected chi connectivity index (χ0v) is 13.1. The van der Waals surface area contributed by atoms with Crippen molar-refractivity contribution in [1.29, 1.82) is 0 Å². The number of phenolic OH excluding ortho intramolecular Hbond substituents is 2. The van der Waals surface area contributed by atoms with Gasteiger partial charge in [0.1, 0.15) is 11.5 Å². The smallest absolute Gasteiger partial charge is 0.120 e. The van der Waals surface area contributed by atoms with E-state index in [4.69, 9.17) is 0 Å². The second kappa shape index (κ2) is 6.18. The summed E-state index contributed by atoms with van der Waals surface area (Å²) in [5, 5.41) is 22.9. The van der Waals surface area contributed by atoms with E-state index in [0.717, 1.165) is 27.7 Å². The summed E-state index contributed by atoms with van der Waals surface area (Å²) in [5.41, 5.74) is 2.78. The van der Waals surface area contributed by atoms with Gasteiger partial charge in [-0.3, -0.25) is 0 Å². The van der Waals surface area contributed by atoms with Crippen molar-refractivity contribution in [2.75, 3.05) is 5.32 Å². The Balaban J connectivity index is 2.31. The average Bonchev–Trinajstić information content (AvgIpc) is 2.41. The minimum atomic E-state index is 0.00995. The van der Waals surface area contributed by atoms with Gasteiger partial charge >= 0.3 is 0 Å². The van der Waals surface area contributed by atoms with E-state index in [2.05, 4.69) is 28.2 Å². The summed E-state index contributed by atoms with van der Waals surface area (Å²) >= 11 is 3.43. The summed E-state index contributed by atoms with van der Waals surface area (Å²) in [4.78, 5) is 0. The van der Waals surface area contributed by atoms with E-state index < -0.39 is 0 Å². The van der Waals surface area contributed by atoms with E-state index in [-0.39, 0.29) is 17.5 Å². The fourth-order valence-electron chi connectivity index (χ4n) is 2.20. The molecular weight excluding hydrogens is 318 g/mol. The molecule has 0 radical (unpaired) electrons. The lowest BCUT2D eigenvalue weighted by Gasteiger charge is -2.21. The number of benzene rings is 2. The van der Waals surface area contributed by atoms with Crippen LogP contribution in [-0.4, -0.2) is 10.2 Å². The molecule has 0 fully saturated rings. The molecule has 3 nitrogen and oxygen atoms in total. The maximum Gasteiger partial charge on any atom is 0.120 e. The molecule has 0 aliphatic heterocycles. The predicted octanol–water partition coefficient (Wildman–Crippen LogP) is 4.73. The fourth-order valence-corrected chi connectivity index (χ4v) is 2.58. The topological polar surface area (TPSA) is 52.5 Å². The van der Waals surface area contributed by atoms with E-state index in [1.165, 1.54) is 0 Å². The molecule has 2 aromatic carbocycles. The average molecular weight is 336 g/mol. The van der Waals surface area contributed by atoms with E-state index in [1.807, 2.05) is 25.1 Å². The minimum Gasteiger partial charge on any atom is -0.508 e. The van der Waals surface area contributed by atoms with Gasteiger partial charge in [-0.05, 0) is 55.3 Å². The molecule has 0 aromatic heterocycles. The van der Waals surface area contributed by atoms with Gasteiger partial charge in [0.15, 0.2) is 0 Å². The molecule has 4 heteroatoms. The molecule has 3 N–H and O–H groups in total. The lowest BCUT2D eigenvalue weighted by Crippen LogP contribution is -2.10. The van der Waals surface area contributed by atoms with Crippen LogP contribution < -0.4 is 5.32 Å². The molecule has 20 heavy (non-hydrogen) atoms. The van der Waals surface area contributed by atoms with Crippen molar-refractivity contribution in [3.63, 3.8) is 0 Å². The molecule has 2 aromatic rings. The van der Waals surface area contributed by atoms with Crippen LogP contribution in [0.25, 0.3) is 0 Å². The maximum absolute atomic E-state index is 10.0. The summed E-state index contributed by atoms with van der Waals surface area (Å²) in [5.74, 6) is 0.537. The molecular formula is C16H18BrNO2. The first-order valence-corrected chi connectivity index (χ1v) is 7.35. The van der Waals surface area contributed by atoms with Gasteiger partial charge in [0.25, 0.3) is 0 Å². The number of aryl methyl sites for hydroxylation is 1. The van der Waals surface area contributed by atoms with Crippen LogP contribution in [-0.2, 0) is 0 Å². The zero-order valence-electron chi connectivity index (χ0n) is 11.5. The molecule has 0 saturated carbocycles.